The molecule has 0 radical (unpaired) electrons. The molecule has 4 rings (SSSR count). The van der Waals surface area contributed by atoms with Gasteiger partial charge < -0.3 is 18.9 Å². The minimum Gasteiger partial charge on any atom is -0.496 e. The van der Waals surface area contributed by atoms with Crippen LogP contribution in [0.3, 0.4) is 0 Å². The number of halogens is 6. The Labute approximate surface area is 189 Å². The van der Waals surface area contributed by atoms with Crippen LogP contribution >= 0.6 is 0 Å². The lowest BCUT2D eigenvalue weighted by Crippen LogP contribution is -2.04. The first-order valence-corrected chi connectivity index (χ1v) is 9.65. The van der Waals surface area contributed by atoms with Gasteiger partial charge >= 0.3 is 0 Å². The summed E-state index contributed by atoms with van der Waals surface area (Å²) in [6.07, 6.45) is 0. The number of benzene rings is 4. The van der Waals surface area contributed by atoms with Crippen LogP contribution in [0.1, 0.15) is 0 Å². The molecule has 0 saturated carbocycles. The van der Waals surface area contributed by atoms with Crippen molar-refractivity contribution in [3.8, 4) is 34.1 Å². The average Bonchev–Trinajstić information content (AvgIpc) is 2.85. The highest BCUT2D eigenvalue weighted by Crippen LogP contribution is 2.50. The second-order valence-corrected chi connectivity index (χ2v) is 7.08. The van der Waals surface area contributed by atoms with Gasteiger partial charge in [0.25, 0.3) is 0 Å². The molecule has 4 aromatic carbocycles. The molecule has 0 aliphatic carbocycles. The van der Waals surface area contributed by atoms with Gasteiger partial charge in [-0.25, -0.2) is 17.6 Å². The van der Waals surface area contributed by atoms with Gasteiger partial charge in [0.05, 0.1) is 28.4 Å². The Morgan fingerprint density at radius 2 is 0.794 bits per heavy atom. The van der Waals surface area contributed by atoms with Gasteiger partial charge in [-0.2, -0.15) is 8.78 Å². The van der Waals surface area contributed by atoms with Crippen molar-refractivity contribution >= 4 is 21.5 Å². The van der Waals surface area contributed by atoms with Crippen LogP contribution in [-0.4, -0.2) is 28.4 Å². The van der Waals surface area contributed by atoms with E-state index in [2.05, 4.69) is 0 Å². The Kier molecular flexibility index (Phi) is 5.84. The van der Waals surface area contributed by atoms with Gasteiger partial charge in [0.15, 0.2) is 34.8 Å². The molecule has 34 heavy (non-hydrogen) atoms. The number of rotatable bonds is 5. The fourth-order valence-corrected chi connectivity index (χ4v) is 4.04. The van der Waals surface area contributed by atoms with Gasteiger partial charge in [0.1, 0.15) is 11.5 Å². The van der Waals surface area contributed by atoms with Crippen molar-refractivity contribution < 1.29 is 45.3 Å². The van der Waals surface area contributed by atoms with Gasteiger partial charge in [-0.3, -0.25) is 0 Å². The van der Waals surface area contributed by atoms with Crippen molar-refractivity contribution in [2.24, 2.45) is 0 Å². The molecule has 0 aliphatic heterocycles. The maximum absolute atomic E-state index is 15.5. The van der Waals surface area contributed by atoms with E-state index in [1.807, 2.05) is 0 Å². The molecule has 0 aliphatic rings. The summed E-state index contributed by atoms with van der Waals surface area (Å²) in [5.74, 6) is -11.0. The topological polar surface area (TPSA) is 36.9 Å². The summed E-state index contributed by atoms with van der Waals surface area (Å²) in [5.41, 5.74) is -0.603. The minimum absolute atomic E-state index is 0.117. The second-order valence-electron chi connectivity index (χ2n) is 7.08. The Balaban J connectivity index is 2.37. The lowest BCUT2D eigenvalue weighted by atomic mass is 9.90. The zero-order valence-corrected chi connectivity index (χ0v) is 18.2. The van der Waals surface area contributed by atoms with Crippen molar-refractivity contribution in [1.29, 1.82) is 0 Å². The predicted molar refractivity (Wildman–Crippen MR) is 113 cm³/mol. The van der Waals surface area contributed by atoms with Crippen molar-refractivity contribution in [3.63, 3.8) is 0 Å². The molecule has 0 aromatic heterocycles. The monoisotopic (exact) mass is 482 g/mol. The molecule has 0 heterocycles. The summed E-state index contributed by atoms with van der Waals surface area (Å²) in [5, 5.41) is -2.16. The standard InChI is InChI=1S/C24H16F6O4/c1-31-11-7-5-9-13(19(27)23(33-3)21(29)17(9)25)15(11)16-12(32-2)8-6-10-14(16)20(28)24(34-4)22(30)18(10)26/h5-8H,1-4H3. The fourth-order valence-electron chi connectivity index (χ4n) is 4.04. The molecule has 178 valence electrons. The van der Waals surface area contributed by atoms with E-state index in [0.29, 0.717) is 0 Å². The highest BCUT2D eigenvalue weighted by atomic mass is 19.2. The van der Waals surface area contributed by atoms with E-state index >= 15 is 8.78 Å². The summed E-state index contributed by atoms with van der Waals surface area (Å²) < 4.78 is 110. The largest absolute Gasteiger partial charge is 0.496 e. The number of ether oxygens (including phenoxy) is 4. The second kappa shape index (κ2) is 8.51. The molecule has 4 aromatic rings. The molecule has 0 bridgehead atoms. The lowest BCUT2D eigenvalue weighted by Gasteiger charge is -2.20. The molecule has 0 spiro atoms. The van der Waals surface area contributed by atoms with Crippen LogP contribution in [0.2, 0.25) is 0 Å². The van der Waals surface area contributed by atoms with E-state index in [0.717, 1.165) is 26.4 Å². The molecule has 0 atom stereocenters. The number of fused-ring (bicyclic) bond motifs is 2. The number of hydrogen-bond acceptors (Lipinski definition) is 4. The summed E-state index contributed by atoms with van der Waals surface area (Å²) in [7, 11) is 4.28. The van der Waals surface area contributed by atoms with Crippen molar-refractivity contribution in [3.05, 3.63) is 59.2 Å². The van der Waals surface area contributed by atoms with Gasteiger partial charge in [0, 0.05) is 32.7 Å². The van der Waals surface area contributed by atoms with E-state index in [4.69, 9.17) is 18.9 Å². The summed E-state index contributed by atoms with van der Waals surface area (Å²) in [6, 6.07) is 4.51. The van der Waals surface area contributed by atoms with Crippen LogP contribution in [0.15, 0.2) is 24.3 Å². The van der Waals surface area contributed by atoms with E-state index in [1.54, 1.807) is 0 Å². The summed E-state index contributed by atoms with van der Waals surface area (Å²) in [4.78, 5) is 0. The smallest absolute Gasteiger partial charge is 0.204 e. The summed E-state index contributed by atoms with van der Waals surface area (Å²) in [6.45, 7) is 0. The summed E-state index contributed by atoms with van der Waals surface area (Å²) >= 11 is 0. The molecule has 0 N–H and O–H groups in total. The third kappa shape index (κ3) is 3.08. The zero-order valence-electron chi connectivity index (χ0n) is 18.2. The first-order chi connectivity index (χ1) is 16.2. The van der Waals surface area contributed by atoms with Crippen molar-refractivity contribution in [2.75, 3.05) is 28.4 Å². The van der Waals surface area contributed by atoms with Crippen LogP contribution in [0.5, 0.6) is 23.0 Å². The average molecular weight is 482 g/mol. The maximum Gasteiger partial charge on any atom is 0.204 e. The van der Waals surface area contributed by atoms with Crippen LogP contribution < -0.4 is 18.9 Å². The SMILES string of the molecule is COc1ccc2c(F)c(F)c(OC)c(F)c2c1-c1c(OC)ccc2c(F)c(F)c(OC)c(F)c12. The Morgan fingerprint density at radius 3 is 1.09 bits per heavy atom. The van der Waals surface area contributed by atoms with E-state index in [9.17, 15) is 17.6 Å². The third-order valence-corrected chi connectivity index (χ3v) is 5.53. The quantitative estimate of drug-likeness (QED) is 0.240. The van der Waals surface area contributed by atoms with Crippen LogP contribution in [-0.2, 0) is 0 Å². The van der Waals surface area contributed by atoms with Crippen LogP contribution in [0, 0.1) is 34.9 Å². The Morgan fingerprint density at radius 1 is 0.441 bits per heavy atom. The molecular weight excluding hydrogens is 466 g/mol. The van der Waals surface area contributed by atoms with Gasteiger partial charge in [0.2, 0.25) is 11.6 Å². The molecule has 10 heteroatoms. The normalized spacial score (nSPS) is 11.2. The highest BCUT2D eigenvalue weighted by molar-refractivity contribution is 6.11. The predicted octanol–water partition coefficient (Wildman–Crippen LogP) is 6.53. The van der Waals surface area contributed by atoms with E-state index in [-0.39, 0.29) is 22.6 Å². The van der Waals surface area contributed by atoms with Crippen molar-refractivity contribution in [1.82, 2.24) is 0 Å². The first-order valence-electron chi connectivity index (χ1n) is 9.65. The Bertz CT molecular complexity index is 1360. The third-order valence-electron chi connectivity index (χ3n) is 5.53. The maximum atomic E-state index is 15.5. The van der Waals surface area contributed by atoms with E-state index in [1.165, 1.54) is 26.4 Å². The Hall–Kier alpha value is -3.82. The van der Waals surface area contributed by atoms with Gasteiger partial charge in [-0.15, -0.1) is 0 Å². The van der Waals surface area contributed by atoms with Crippen LogP contribution in [0.25, 0.3) is 32.7 Å². The lowest BCUT2D eigenvalue weighted by molar-refractivity contribution is 0.350. The van der Waals surface area contributed by atoms with Gasteiger partial charge in [-0.1, -0.05) is 0 Å². The molecule has 0 amide bonds. The van der Waals surface area contributed by atoms with Crippen LogP contribution in [0.4, 0.5) is 26.3 Å². The molecule has 0 saturated heterocycles. The zero-order chi connectivity index (χ0) is 24.9. The van der Waals surface area contributed by atoms with Crippen molar-refractivity contribution in [2.45, 2.75) is 0 Å². The minimum atomic E-state index is -1.57. The molecule has 4 nitrogen and oxygen atoms in total. The number of hydrogen-bond donors (Lipinski definition) is 0. The van der Waals surface area contributed by atoms with Gasteiger partial charge in [-0.05, 0) is 24.3 Å². The number of methoxy groups -OCH3 is 4. The highest BCUT2D eigenvalue weighted by Gasteiger charge is 2.31. The molecular formula is C24H16F6O4. The molecule has 0 unspecified atom stereocenters. The first kappa shape index (κ1) is 23.3. The molecule has 0 fully saturated rings. The van der Waals surface area contributed by atoms with E-state index < -0.39 is 67.9 Å². The fraction of sp³-hybridized carbons (Fsp3) is 0.167.